The number of benzene rings is 1. The number of hydrogen-bond acceptors (Lipinski definition) is 4. The fraction of sp³-hybridized carbons (Fsp3) is 0.588. The third-order valence-corrected chi connectivity index (χ3v) is 5.27. The number of piperazine rings is 1. The number of nitrogens with two attached hydrogens (primary N) is 1. The summed E-state index contributed by atoms with van der Waals surface area (Å²) in [6.07, 6.45) is 1.13. The van der Waals surface area contributed by atoms with Gasteiger partial charge in [0, 0.05) is 56.5 Å². The van der Waals surface area contributed by atoms with Crippen LogP contribution in [0, 0.1) is 5.82 Å². The number of amides is 1. The van der Waals surface area contributed by atoms with Gasteiger partial charge in [0.1, 0.15) is 5.82 Å². The summed E-state index contributed by atoms with van der Waals surface area (Å²) >= 11 is 6.09. The Kier molecular flexibility index (Phi) is 9.06. The minimum Gasteiger partial charge on any atom is -0.381 e. The molecule has 0 aliphatic carbocycles. The molecule has 5 nitrogen and oxygen atoms in total. The van der Waals surface area contributed by atoms with E-state index in [-0.39, 0.29) is 36.5 Å². The highest BCUT2D eigenvalue weighted by atomic mass is 35.5. The molecule has 148 valence electrons. The summed E-state index contributed by atoms with van der Waals surface area (Å²) in [6, 6.07) is 4.72. The zero-order valence-electron chi connectivity index (χ0n) is 14.5. The maximum atomic E-state index is 13.9. The maximum Gasteiger partial charge on any atom is 0.242 e. The van der Waals surface area contributed by atoms with Crippen molar-refractivity contribution in [2.75, 3.05) is 39.4 Å². The van der Waals surface area contributed by atoms with Gasteiger partial charge in [-0.05, 0) is 25.0 Å². The zero-order valence-corrected chi connectivity index (χ0v) is 16.8. The van der Waals surface area contributed by atoms with Crippen LogP contribution in [-0.4, -0.2) is 60.6 Å². The van der Waals surface area contributed by atoms with Crippen molar-refractivity contribution in [1.82, 2.24) is 9.80 Å². The third-order valence-electron chi connectivity index (χ3n) is 4.91. The van der Waals surface area contributed by atoms with Crippen molar-refractivity contribution in [3.8, 4) is 0 Å². The van der Waals surface area contributed by atoms with Crippen LogP contribution in [0.25, 0.3) is 0 Å². The summed E-state index contributed by atoms with van der Waals surface area (Å²) in [5.41, 5.74) is 6.00. The van der Waals surface area contributed by atoms with Crippen molar-refractivity contribution in [2.24, 2.45) is 5.73 Å². The van der Waals surface area contributed by atoms with Crippen molar-refractivity contribution >= 4 is 42.3 Å². The second kappa shape index (κ2) is 10.1. The highest BCUT2D eigenvalue weighted by Crippen LogP contribution is 2.23. The van der Waals surface area contributed by atoms with E-state index in [1.807, 2.05) is 4.90 Å². The van der Waals surface area contributed by atoms with E-state index in [0.29, 0.717) is 69.4 Å². The molecule has 2 N–H and O–H groups in total. The van der Waals surface area contributed by atoms with E-state index in [1.54, 1.807) is 12.1 Å². The fourth-order valence-electron chi connectivity index (χ4n) is 3.28. The average molecular weight is 429 g/mol. The van der Waals surface area contributed by atoms with E-state index in [0.717, 1.165) is 0 Å². The summed E-state index contributed by atoms with van der Waals surface area (Å²) in [7, 11) is 0. The van der Waals surface area contributed by atoms with Crippen molar-refractivity contribution in [3.63, 3.8) is 0 Å². The summed E-state index contributed by atoms with van der Waals surface area (Å²) in [5.74, 6) is -0.279. The molecular weight excluding hydrogens is 404 g/mol. The van der Waals surface area contributed by atoms with Crippen molar-refractivity contribution in [2.45, 2.75) is 24.9 Å². The van der Waals surface area contributed by atoms with Crippen LogP contribution in [0.1, 0.15) is 18.4 Å². The molecule has 0 radical (unpaired) electrons. The molecule has 0 saturated carbocycles. The van der Waals surface area contributed by atoms with Crippen LogP contribution in [0.15, 0.2) is 18.2 Å². The molecule has 0 aromatic heterocycles. The predicted octanol–water partition coefficient (Wildman–Crippen LogP) is 2.47. The van der Waals surface area contributed by atoms with E-state index in [4.69, 9.17) is 22.1 Å². The summed E-state index contributed by atoms with van der Waals surface area (Å²) in [5, 5.41) is 0.441. The molecule has 0 bridgehead atoms. The van der Waals surface area contributed by atoms with E-state index < -0.39 is 5.54 Å². The van der Waals surface area contributed by atoms with Gasteiger partial charge >= 0.3 is 0 Å². The number of carbonyl (C=O) groups is 1. The van der Waals surface area contributed by atoms with Crippen LogP contribution in [0.5, 0.6) is 0 Å². The van der Waals surface area contributed by atoms with Gasteiger partial charge in [0.05, 0.1) is 5.54 Å². The first-order chi connectivity index (χ1) is 11.5. The maximum absolute atomic E-state index is 13.9. The standard InChI is InChI=1S/C17H23ClFN3O2.2ClH/c18-14-2-1-3-15(19)13(14)12-21-6-8-22(9-7-21)16(23)17(20)4-10-24-11-5-17;;/h1-3H,4-12,20H2;2*1H. The molecule has 9 heteroatoms. The topological polar surface area (TPSA) is 58.8 Å². The van der Waals surface area contributed by atoms with Gasteiger partial charge in [0.15, 0.2) is 0 Å². The van der Waals surface area contributed by atoms with Gasteiger partial charge in [0.25, 0.3) is 0 Å². The van der Waals surface area contributed by atoms with Gasteiger partial charge < -0.3 is 15.4 Å². The lowest BCUT2D eigenvalue weighted by Crippen LogP contribution is -2.61. The van der Waals surface area contributed by atoms with Crippen molar-refractivity contribution in [1.29, 1.82) is 0 Å². The molecule has 0 unspecified atom stereocenters. The average Bonchev–Trinajstić information content (AvgIpc) is 2.59. The Morgan fingerprint density at radius 1 is 1.19 bits per heavy atom. The molecular formula is C17H25Cl3FN3O2. The second-order valence-corrected chi connectivity index (χ2v) is 6.94. The van der Waals surface area contributed by atoms with Gasteiger partial charge in [-0.15, -0.1) is 24.8 Å². The molecule has 1 amide bonds. The number of nitrogens with zero attached hydrogens (tertiary/aromatic N) is 2. The Balaban J connectivity index is 0.00000169. The summed E-state index contributed by atoms with van der Waals surface area (Å²) < 4.78 is 19.2. The van der Waals surface area contributed by atoms with Crippen LogP contribution in [0.3, 0.4) is 0 Å². The van der Waals surface area contributed by atoms with E-state index in [1.165, 1.54) is 6.07 Å². The smallest absolute Gasteiger partial charge is 0.242 e. The molecule has 26 heavy (non-hydrogen) atoms. The van der Waals surface area contributed by atoms with Gasteiger partial charge in [-0.3, -0.25) is 9.69 Å². The lowest BCUT2D eigenvalue weighted by Gasteiger charge is -2.41. The first kappa shape index (κ1) is 23.4. The molecule has 1 aromatic rings. The van der Waals surface area contributed by atoms with E-state index in [2.05, 4.69) is 4.90 Å². The quantitative estimate of drug-likeness (QED) is 0.803. The molecule has 0 spiro atoms. The Morgan fingerprint density at radius 3 is 2.38 bits per heavy atom. The molecule has 2 saturated heterocycles. The largest absolute Gasteiger partial charge is 0.381 e. The monoisotopic (exact) mass is 427 g/mol. The Bertz CT molecular complexity index is 587. The molecule has 0 atom stereocenters. The van der Waals surface area contributed by atoms with Gasteiger partial charge in [-0.25, -0.2) is 4.39 Å². The fourth-order valence-corrected chi connectivity index (χ4v) is 3.50. The van der Waals surface area contributed by atoms with Gasteiger partial charge in [-0.1, -0.05) is 17.7 Å². The van der Waals surface area contributed by atoms with Crippen LogP contribution in [0.2, 0.25) is 5.02 Å². The van der Waals surface area contributed by atoms with E-state index in [9.17, 15) is 9.18 Å². The van der Waals surface area contributed by atoms with Crippen LogP contribution >= 0.6 is 36.4 Å². The minimum atomic E-state index is -0.796. The lowest BCUT2D eigenvalue weighted by molar-refractivity contribution is -0.142. The molecule has 1 aromatic carbocycles. The Hall–Kier alpha value is -0.630. The lowest BCUT2D eigenvalue weighted by atomic mass is 9.89. The highest BCUT2D eigenvalue weighted by molar-refractivity contribution is 6.31. The summed E-state index contributed by atoms with van der Waals surface area (Å²) in [4.78, 5) is 16.6. The molecule has 2 fully saturated rings. The zero-order chi connectivity index (χ0) is 17.2. The molecule has 2 aliphatic heterocycles. The minimum absolute atomic E-state index is 0. The van der Waals surface area contributed by atoms with Gasteiger partial charge in [0.2, 0.25) is 5.91 Å². The van der Waals surface area contributed by atoms with Gasteiger partial charge in [-0.2, -0.15) is 0 Å². The molecule has 2 heterocycles. The highest BCUT2D eigenvalue weighted by Gasteiger charge is 2.39. The third kappa shape index (κ3) is 5.21. The van der Waals surface area contributed by atoms with Crippen LogP contribution < -0.4 is 5.73 Å². The number of halogens is 4. The second-order valence-electron chi connectivity index (χ2n) is 6.54. The number of carbonyl (C=O) groups excluding carboxylic acids is 1. The van der Waals surface area contributed by atoms with Crippen LogP contribution in [0.4, 0.5) is 4.39 Å². The summed E-state index contributed by atoms with van der Waals surface area (Å²) in [6.45, 7) is 4.10. The Labute approximate surface area is 170 Å². The molecule has 3 rings (SSSR count). The van der Waals surface area contributed by atoms with Crippen molar-refractivity contribution < 1.29 is 13.9 Å². The number of ether oxygens (including phenoxy) is 1. The molecule has 2 aliphatic rings. The number of hydrogen-bond donors (Lipinski definition) is 1. The normalized spacial score (nSPS) is 20.0. The van der Waals surface area contributed by atoms with Crippen molar-refractivity contribution in [3.05, 3.63) is 34.6 Å². The number of rotatable bonds is 3. The first-order valence-corrected chi connectivity index (χ1v) is 8.69. The Morgan fingerprint density at radius 2 is 1.81 bits per heavy atom. The van der Waals surface area contributed by atoms with Crippen LogP contribution in [-0.2, 0) is 16.1 Å². The van der Waals surface area contributed by atoms with E-state index >= 15 is 0 Å². The predicted molar refractivity (Wildman–Crippen MR) is 105 cm³/mol. The first-order valence-electron chi connectivity index (χ1n) is 8.31. The SMILES string of the molecule is Cl.Cl.NC1(C(=O)N2CCN(Cc3c(F)cccc3Cl)CC2)CCOCC1.